The lowest BCUT2D eigenvalue weighted by atomic mass is 10.1. The first-order valence-corrected chi connectivity index (χ1v) is 9.75. The molecule has 0 radical (unpaired) electrons. The second-order valence-electron chi connectivity index (χ2n) is 6.27. The molecule has 0 atom stereocenters. The topological polar surface area (TPSA) is 72.7 Å². The standard InChI is InChI=1S/C21H26FN2O3S/c1-4-15(3)21(17-8-10-18(22)11-9-17)28-20(5-2)24(26,27)23-19-12-6-16(14-25)7-13-19/h5-13,23,25-27H,4,14H2,1-3H3/q+1/b20-5-,21-15?. The van der Waals surface area contributed by atoms with Crippen LogP contribution < -0.4 is 5.43 Å². The van der Waals surface area contributed by atoms with Crippen LogP contribution in [0.5, 0.6) is 0 Å². The maximum atomic E-state index is 13.3. The third-order valence-electron chi connectivity index (χ3n) is 4.21. The molecule has 2 rings (SSSR count). The number of nitrogens with zero attached hydrogens (tertiary/aromatic N) is 1. The number of hydrogen-bond donors (Lipinski definition) is 4. The Morgan fingerprint density at radius 3 is 2.21 bits per heavy atom. The van der Waals surface area contributed by atoms with Gasteiger partial charge in [-0.05, 0) is 73.5 Å². The Hall–Kier alpha value is -2.16. The number of nitrogens with one attached hydrogen (secondary N) is 1. The molecule has 0 aliphatic rings. The van der Waals surface area contributed by atoms with Gasteiger partial charge in [0.05, 0.1) is 17.2 Å². The van der Waals surface area contributed by atoms with E-state index >= 15 is 0 Å². The van der Waals surface area contributed by atoms with Gasteiger partial charge in [-0.25, -0.2) is 4.39 Å². The van der Waals surface area contributed by atoms with E-state index in [0.717, 1.165) is 28.0 Å². The smallest absolute Gasteiger partial charge is 0.262 e. The second kappa shape index (κ2) is 9.86. The number of hydroxylamine groups is 2. The Bertz CT molecular complexity index is 847. The van der Waals surface area contributed by atoms with Crippen molar-refractivity contribution in [2.45, 2.75) is 33.8 Å². The number of quaternary nitrogens is 1. The molecule has 150 valence electrons. The maximum absolute atomic E-state index is 13.3. The van der Waals surface area contributed by atoms with Gasteiger partial charge in [0.25, 0.3) is 5.03 Å². The first kappa shape index (κ1) is 22.1. The molecule has 28 heavy (non-hydrogen) atoms. The monoisotopic (exact) mass is 405 g/mol. The molecular weight excluding hydrogens is 379 g/mol. The summed E-state index contributed by atoms with van der Waals surface area (Å²) in [6.07, 6.45) is 2.37. The normalized spacial score (nSPS) is 13.3. The summed E-state index contributed by atoms with van der Waals surface area (Å²) in [7, 11) is 0. The van der Waals surface area contributed by atoms with Crippen LogP contribution in [-0.2, 0) is 6.61 Å². The molecule has 0 unspecified atom stereocenters. The zero-order valence-corrected chi connectivity index (χ0v) is 17.0. The molecule has 0 aliphatic heterocycles. The van der Waals surface area contributed by atoms with Crippen molar-refractivity contribution in [2.24, 2.45) is 0 Å². The van der Waals surface area contributed by atoms with Crippen molar-refractivity contribution in [3.05, 3.63) is 82.2 Å². The van der Waals surface area contributed by atoms with E-state index in [-0.39, 0.29) is 17.5 Å². The van der Waals surface area contributed by atoms with E-state index in [1.165, 1.54) is 23.9 Å². The summed E-state index contributed by atoms with van der Waals surface area (Å²) in [5.74, 6) is -0.323. The summed E-state index contributed by atoms with van der Waals surface area (Å²) >= 11 is 1.20. The Morgan fingerprint density at radius 1 is 1.11 bits per heavy atom. The van der Waals surface area contributed by atoms with Crippen LogP contribution >= 0.6 is 11.8 Å². The van der Waals surface area contributed by atoms with Crippen LogP contribution in [0.4, 0.5) is 10.1 Å². The van der Waals surface area contributed by atoms with E-state index < -0.39 is 4.92 Å². The van der Waals surface area contributed by atoms with Crippen LogP contribution in [0.1, 0.15) is 38.3 Å². The number of allylic oxidation sites excluding steroid dienone is 2. The molecule has 0 spiro atoms. The van der Waals surface area contributed by atoms with E-state index in [1.54, 1.807) is 49.4 Å². The van der Waals surface area contributed by atoms with Gasteiger partial charge in [-0.3, -0.25) is 0 Å². The lowest BCUT2D eigenvalue weighted by Crippen LogP contribution is -2.44. The maximum Gasteiger partial charge on any atom is 0.262 e. The molecule has 2 aromatic rings. The SMILES string of the molecule is C/C=C(\SC(=C(C)CC)c1ccc(F)cc1)[N+](O)(O)Nc1ccc(CO)cc1. The summed E-state index contributed by atoms with van der Waals surface area (Å²) in [5.41, 5.74) is 5.68. The Morgan fingerprint density at radius 2 is 1.71 bits per heavy atom. The van der Waals surface area contributed by atoms with Gasteiger partial charge in [0.15, 0.2) is 0 Å². The fourth-order valence-corrected chi connectivity index (χ4v) is 3.55. The van der Waals surface area contributed by atoms with Gasteiger partial charge in [-0.1, -0.05) is 36.8 Å². The lowest BCUT2D eigenvalue weighted by molar-refractivity contribution is -1.20. The Labute approximate surface area is 168 Å². The number of halogens is 1. The average molecular weight is 406 g/mol. The summed E-state index contributed by atoms with van der Waals surface area (Å²) in [4.78, 5) is -0.708. The first-order chi connectivity index (χ1) is 13.3. The fraction of sp³-hybridized carbons (Fsp3) is 0.238. The molecule has 0 heterocycles. The highest BCUT2D eigenvalue weighted by atomic mass is 32.2. The molecule has 5 nitrogen and oxygen atoms in total. The van der Waals surface area contributed by atoms with E-state index in [2.05, 4.69) is 5.43 Å². The van der Waals surface area contributed by atoms with Crippen molar-refractivity contribution in [1.29, 1.82) is 0 Å². The third kappa shape index (κ3) is 5.67. The largest absolute Gasteiger partial charge is 0.392 e. The second-order valence-corrected chi connectivity index (χ2v) is 7.30. The molecule has 0 saturated carbocycles. The molecule has 0 bridgehead atoms. The van der Waals surface area contributed by atoms with Gasteiger partial charge in [-0.15, -0.1) is 10.4 Å². The van der Waals surface area contributed by atoms with Crippen molar-refractivity contribution < 1.29 is 24.8 Å². The summed E-state index contributed by atoms with van der Waals surface area (Å²) < 4.78 is 13.3. The number of benzene rings is 2. The van der Waals surface area contributed by atoms with E-state index in [0.29, 0.717) is 5.69 Å². The number of aliphatic hydroxyl groups excluding tert-OH is 1. The van der Waals surface area contributed by atoms with Gasteiger partial charge in [0.1, 0.15) is 5.82 Å². The van der Waals surface area contributed by atoms with E-state index in [4.69, 9.17) is 5.11 Å². The minimum absolute atomic E-state index is 0.0867. The highest BCUT2D eigenvalue weighted by Gasteiger charge is 2.32. The predicted molar refractivity (Wildman–Crippen MR) is 110 cm³/mol. The van der Waals surface area contributed by atoms with Crippen molar-refractivity contribution in [3.8, 4) is 0 Å². The number of anilines is 1. The van der Waals surface area contributed by atoms with Crippen LogP contribution in [-0.4, -0.2) is 20.4 Å². The van der Waals surface area contributed by atoms with Crippen LogP contribution in [0.2, 0.25) is 0 Å². The van der Waals surface area contributed by atoms with Crippen molar-refractivity contribution >= 4 is 22.4 Å². The molecule has 2 aromatic carbocycles. The summed E-state index contributed by atoms with van der Waals surface area (Å²) in [6, 6.07) is 12.8. The van der Waals surface area contributed by atoms with Crippen LogP contribution in [0.25, 0.3) is 4.91 Å². The minimum Gasteiger partial charge on any atom is -0.392 e. The molecule has 0 aromatic heterocycles. The van der Waals surface area contributed by atoms with Gasteiger partial charge < -0.3 is 5.11 Å². The molecule has 0 saturated heterocycles. The van der Waals surface area contributed by atoms with Gasteiger partial charge in [-0.2, -0.15) is 5.43 Å². The average Bonchev–Trinajstić information content (AvgIpc) is 2.69. The summed E-state index contributed by atoms with van der Waals surface area (Å²) in [5, 5.41) is 30.6. The molecule has 0 fully saturated rings. The third-order valence-corrected chi connectivity index (χ3v) is 5.69. The highest BCUT2D eigenvalue weighted by Crippen LogP contribution is 2.40. The van der Waals surface area contributed by atoms with Gasteiger partial charge >= 0.3 is 0 Å². The van der Waals surface area contributed by atoms with Crippen molar-refractivity contribution in [1.82, 2.24) is 0 Å². The number of thioether (sulfide) groups is 1. The molecule has 7 heteroatoms. The molecule has 0 aliphatic carbocycles. The Balaban J connectivity index is 2.29. The van der Waals surface area contributed by atoms with E-state index in [1.807, 2.05) is 13.8 Å². The lowest BCUT2D eigenvalue weighted by Gasteiger charge is -2.24. The predicted octanol–water partition coefficient (Wildman–Crippen LogP) is 5.68. The van der Waals surface area contributed by atoms with Gasteiger partial charge in [0.2, 0.25) is 0 Å². The Kier molecular flexibility index (Phi) is 7.79. The van der Waals surface area contributed by atoms with Crippen LogP contribution in [0.15, 0.2) is 65.2 Å². The molecular formula is C21H26FN2O3S+. The zero-order chi connectivity index (χ0) is 20.7. The number of rotatable bonds is 8. The zero-order valence-electron chi connectivity index (χ0n) is 16.2. The fourth-order valence-electron chi connectivity index (χ4n) is 2.48. The van der Waals surface area contributed by atoms with Crippen molar-refractivity contribution in [3.63, 3.8) is 0 Å². The van der Waals surface area contributed by atoms with Crippen LogP contribution in [0, 0.1) is 5.82 Å². The molecule has 4 N–H and O–H groups in total. The van der Waals surface area contributed by atoms with E-state index in [9.17, 15) is 14.8 Å². The number of hydrogen-bond acceptors (Lipinski definition) is 5. The summed E-state index contributed by atoms with van der Waals surface area (Å²) in [6.45, 7) is 5.59. The number of aliphatic hydroxyl groups is 1. The van der Waals surface area contributed by atoms with Crippen LogP contribution in [0.3, 0.4) is 0 Å². The minimum atomic E-state index is -1.54. The highest BCUT2D eigenvalue weighted by molar-refractivity contribution is 8.11. The van der Waals surface area contributed by atoms with Gasteiger partial charge in [0, 0.05) is 4.91 Å². The molecule has 0 amide bonds. The quantitative estimate of drug-likeness (QED) is 0.336. The van der Waals surface area contributed by atoms with Crippen molar-refractivity contribution in [2.75, 3.05) is 5.43 Å². The first-order valence-electron chi connectivity index (χ1n) is 8.93.